The monoisotopic (exact) mass is 951 g/mol. The maximum Gasteiger partial charge on any atom is 0.0713 e. The third-order valence-corrected chi connectivity index (χ3v) is 17.4. The Morgan fingerprint density at radius 1 is 0.384 bits per heavy atom. The molecule has 2 aliphatic rings. The summed E-state index contributed by atoms with van der Waals surface area (Å²) >= 11 is 1.89. The van der Waals surface area contributed by atoms with Crippen LogP contribution in [-0.4, -0.2) is 0 Å². The van der Waals surface area contributed by atoms with Crippen LogP contribution in [0.25, 0.3) is 75.5 Å². The molecule has 14 rings (SSSR count). The summed E-state index contributed by atoms with van der Waals surface area (Å²) < 4.78 is 2.66. The van der Waals surface area contributed by atoms with Gasteiger partial charge in [-0.2, -0.15) is 0 Å². The molecule has 348 valence electrons. The van der Waals surface area contributed by atoms with E-state index in [0.717, 1.165) is 17.1 Å². The van der Waals surface area contributed by atoms with Gasteiger partial charge in [0.05, 0.1) is 11.1 Å². The zero-order valence-electron chi connectivity index (χ0n) is 40.7. The topological polar surface area (TPSA) is 3.24 Å². The third-order valence-electron chi connectivity index (χ3n) is 16.2. The minimum Gasteiger partial charge on any atom is -0.310 e. The summed E-state index contributed by atoms with van der Waals surface area (Å²) in [6, 6.07) is 95.6. The van der Waals surface area contributed by atoms with Gasteiger partial charge in [-0.05, 0) is 139 Å². The number of benzene rings is 11. The second-order valence-corrected chi connectivity index (χ2v) is 21.2. The lowest BCUT2D eigenvalue weighted by atomic mass is 9.67. The van der Waals surface area contributed by atoms with E-state index in [4.69, 9.17) is 0 Å². The van der Waals surface area contributed by atoms with Crippen molar-refractivity contribution in [2.24, 2.45) is 0 Å². The second-order valence-electron chi connectivity index (χ2n) is 20.1. The molecular weight excluding hydrogens is 899 g/mol. The van der Waals surface area contributed by atoms with Gasteiger partial charge < -0.3 is 4.90 Å². The second kappa shape index (κ2) is 18.1. The van der Waals surface area contributed by atoms with E-state index in [9.17, 15) is 0 Å². The average Bonchev–Trinajstić information content (AvgIpc) is 4.04. The summed E-state index contributed by atoms with van der Waals surface area (Å²) in [5.74, 6) is 0.575. The molecule has 2 heteroatoms. The number of rotatable bonds is 9. The first kappa shape index (κ1) is 43.5. The van der Waals surface area contributed by atoms with Crippen molar-refractivity contribution in [3.05, 3.63) is 283 Å². The van der Waals surface area contributed by atoms with Crippen LogP contribution in [0.2, 0.25) is 0 Å². The van der Waals surface area contributed by atoms with Crippen molar-refractivity contribution in [2.75, 3.05) is 4.90 Å². The predicted molar refractivity (Wildman–Crippen MR) is 311 cm³/mol. The molecule has 1 nitrogen and oxygen atoms in total. The van der Waals surface area contributed by atoms with E-state index in [2.05, 4.69) is 260 Å². The quantitative estimate of drug-likeness (QED) is 0.139. The number of nitrogens with zero attached hydrogens (tertiary/aromatic N) is 1. The molecule has 0 aliphatic heterocycles. The van der Waals surface area contributed by atoms with Crippen LogP contribution in [0, 0.1) is 0 Å². The van der Waals surface area contributed by atoms with E-state index in [1.807, 2.05) is 11.3 Å². The highest BCUT2D eigenvalue weighted by atomic mass is 32.1. The molecule has 0 amide bonds. The summed E-state index contributed by atoms with van der Waals surface area (Å²) in [5, 5.41) is 5.35. The van der Waals surface area contributed by atoms with E-state index >= 15 is 0 Å². The smallest absolute Gasteiger partial charge is 0.0713 e. The number of hydrogen-bond donors (Lipinski definition) is 0. The fraction of sp³-hybridized carbons (Fsp3) is 0.0986. The average molecular weight is 952 g/mol. The van der Waals surface area contributed by atoms with Crippen LogP contribution in [-0.2, 0) is 5.41 Å². The fourth-order valence-electron chi connectivity index (χ4n) is 12.9. The summed E-state index contributed by atoms with van der Waals surface area (Å²) in [7, 11) is 0. The number of thiophene rings is 1. The van der Waals surface area contributed by atoms with Gasteiger partial charge in [0.25, 0.3) is 0 Å². The standard InChI is InChI=1S/C71H53NS/c1-4-19-49(20-5-1)57-30-16-21-51-22-17-32-63(69(51)57)61-28-11-14-35-67(61)72(56-44-39-50(40-45-56)58-31-18-33-64-62-29-12-15-36-68(62)73-70(58)64)55-42-37-48(38-43-55)52-41-46-60-59-27-10-13-34-65(59)71(66(60)47-52,53-23-6-2-7-24-53)54-25-8-3-9-26-54/h2-3,6-18,21-47,49H,1,4-5,19-20H2. The van der Waals surface area contributed by atoms with Crippen molar-refractivity contribution < 1.29 is 0 Å². The Hall–Kier alpha value is -8.30. The van der Waals surface area contributed by atoms with Gasteiger partial charge >= 0.3 is 0 Å². The number of fused-ring (bicyclic) bond motifs is 7. The van der Waals surface area contributed by atoms with Gasteiger partial charge in [-0.1, -0.05) is 232 Å². The molecule has 73 heavy (non-hydrogen) atoms. The molecule has 11 aromatic carbocycles. The van der Waals surface area contributed by atoms with Crippen molar-refractivity contribution >= 4 is 59.3 Å². The van der Waals surface area contributed by atoms with Crippen LogP contribution < -0.4 is 4.90 Å². The maximum atomic E-state index is 2.49. The Bertz CT molecular complexity index is 3950. The Morgan fingerprint density at radius 2 is 0.945 bits per heavy atom. The first-order chi connectivity index (χ1) is 36.2. The molecule has 2 aliphatic carbocycles. The molecule has 0 radical (unpaired) electrons. The van der Waals surface area contributed by atoms with Gasteiger partial charge in [0.2, 0.25) is 0 Å². The predicted octanol–water partition coefficient (Wildman–Crippen LogP) is 20.1. The van der Waals surface area contributed by atoms with Crippen molar-refractivity contribution in [1.29, 1.82) is 0 Å². The van der Waals surface area contributed by atoms with Crippen LogP contribution in [0.3, 0.4) is 0 Å². The zero-order chi connectivity index (χ0) is 48.3. The number of para-hydroxylation sites is 1. The van der Waals surface area contributed by atoms with Gasteiger partial charge in [-0.3, -0.25) is 0 Å². The third kappa shape index (κ3) is 7.19. The fourth-order valence-corrected chi connectivity index (χ4v) is 14.1. The first-order valence-corrected chi connectivity index (χ1v) is 26.9. The van der Waals surface area contributed by atoms with Gasteiger partial charge in [0.15, 0.2) is 0 Å². The molecule has 1 fully saturated rings. The summed E-state index contributed by atoms with van der Waals surface area (Å²) in [6.45, 7) is 0. The highest BCUT2D eigenvalue weighted by Crippen LogP contribution is 2.57. The summed E-state index contributed by atoms with van der Waals surface area (Å²) in [4.78, 5) is 2.49. The summed E-state index contributed by atoms with van der Waals surface area (Å²) in [5.41, 5.74) is 19.6. The van der Waals surface area contributed by atoms with Gasteiger partial charge in [0, 0.05) is 37.1 Å². The van der Waals surface area contributed by atoms with Crippen LogP contribution in [0.4, 0.5) is 17.1 Å². The Kier molecular flexibility index (Phi) is 10.8. The minimum atomic E-state index is -0.460. The van der Waals surface area contributed by atoms with Gasteiger partial charge in [0.1, 0.15) is 0 Å². The van der Waals surface area contributed by atoms with Crippen molar-refractivity contribution in [3.8, 4) is 44.5 Å². The van der Waals surface area contributed by atoms with E-state index in [-0.39, 0.29) is 0 Å². The first-order valence-electron chi connectivity index (χ1n) is 26.1. The van der Waals surface area contributed by atoms with E-state index < -0.39 is 5.41 Å². The molecule has 0 spiro atoms. The molecule has 1 saturated carbocycles. The molecule has 1 heterocycles. The molecule has 1 aromatic heterocycles. The lowest BCUT2D eigenvalue weighted by Crippen LogP contribution is -2.28. The Morgan fingerprint density at radius 3 is 1.70 bits per heavy atom. The molecule has 0 atom stereocenters. The SMILES string of the molecule is c1ccc(C2(c3ccccc3)c3ccccc3-c3ccc(-c4ccc(N(c5ccc(-c6cccc7c6sc6ccccc67)cc5)c5ccccc5-c5cccc6cccc(C7CCCCC7)c56)cc4)cc32)cc1. The van der Waals surface area contributed by atoms with Gasteiger partial charge in [-0.25, -0.2) is 0 Å². The largest absolute Gasteiger partial charge is 0.310 e. The lowest BCUT2D eigenvalue weighted by molar-refractivity contribution is 0.445. The summed E-state index contributed by atoms with van der Waals surface area (Å²) in [6.07, 6.45) is 6.46. The lowest BCUT2D eigenvalue weighted by Gasteiger charge is -2.34. The van der Waals surface area contributed by atoms with E-state index in [1.54, 1.807) is 0 Å². The van der Waals surface area contributed by atoms with Crippen molar-refractivity contribution in [2.45, 2.75) is 43.4 Å². The normalized spacial score (nSPS) is 14.1. The molecular formula is C71H53NS. The zero-order valence-corrected chi connectivity index (χ0v) is 41.5. The number of anilines is 3. The Labute approximate surface area is 432 Å². The minimum absolute atomic E-state index is 0.460. The Balaban J connectivity index is 0.918. The van der Waals surface area contributed by atoms with Crippen molar-refractivity contribution in [1.82, 2.24) is 0 Å². The molecule has 0 bridgehead atoms. The molecule has 0 unspecified atom stereocenters. The van der Waals surface area contributed by atoms with E-state index in [0.29, 0.717) is 5.92 Å². The number of hydrogen-bond acceptors (Lipinski definition) is 2. The van der Waals surface area contributed by atoms with Gasteiger partial charge in [-0.15, -0.1) is 11.3 Å². The van der Waals surface area contributed by atoms with E-state index in [1.165, 1.54) is 135 Å². The van der Waals surface area contributed by atoms with Crippen LogP contribution in [0.1, 0.15) is 65.8 Å². The van der Waals surface area contributed by atoms with Crippen LogP contribution >= 0.6 is 11.3 Å². The molecule has 0 N–H and O–H groups in total. The molecule has 12 aromatic rings. The van der Waals surface area contributed by atoms with Crippen molar-refractivity contribution in [3.63, 3.8) is 0 Å². The van der Waals surface area contributed by atoms with Crippen LogP contribution in [0.15, 0.2) is 255 Å². The maximum absolute atomic E-state index is 2.49. The molecule has 0 saturated heterocycles. The van der Waals surface area contributed by atoms with Crippen LogP contribution in [0.5, 0.6) is 0 Å². The highest BCUT2D eigenvalue weighted by Gasteiger charge is 2.46. The highest BCUT2D eigenvalue weighted by molar-refractivity contribution is 7.26.